The van der Waals surface area contributed by atoms with Gasteiger partial charge in [0.2, 0.25) is 0 Å². The van der Waals surface area contributed by atoms with Crippen molar-refractivity contribution in [3.05, 3.63) is 176 Å². The minimum atomic E-state index is 1.13. The van der Waals surface area contributed by atoms with Gasteiger partial charge in [0, 0.05) is 57.3 Å². The van der Waals surface area contributed by atoms with Crippen LogP contribution in [0.2, 0.25) is 0 Å². The van der Waals surface area contributed by atoms with Crippen molar-refractivity contribution in [1.29, 1.82) is 0 Å². The van der Waals surface area contributed by atoms with Crippen LogP contribution in [0.4, 0.5) is 17.1 Å². The number of para-hydroxylation sites is 1. The number of benzene rings is 8. The van der Waals surface area contributed by atoms with Gasteiger partial charge in [-0.25, -0.2) is 0 Å². The molecule has 0 bridgehead atoms. The molecule has 8 aromatic carbocycles. The maximum atomic E-state index is 2.44. The molecule has 1 nitrogen and oxygen atoms in total. The Morgan fingerprint density at radius 2 is 0.918 bits per heavy atom. The van der Waals surface area contributed by atoms with Gasteiger partial charge in [0.25, 0.3) is 0 Å². The summed E-state index contributed by atoms with van der Waals surface area (Å²) in [5.41, 5.74) is 8.24. The molecule has 0 fully saturated rings. The third-order valence-electron chi connectivity index (χ3n) is 9.64. The lowest BCUT2D eigenvalue weighted by Gasteiger charge is -2.28. The summed E-state index contributed by atoms with van der Waals surface area (Å²) in [6, 6.07) is 64.6. The van der Waals surface area contributed by atoms with Gasteiger partial charge in [-0.05, 0) is 82.1 Å². The molecule has 0 unspecified atom stereocenters. The molecule has 0 saturated carbocycles. The number of hydrogen-bond donors (Lipinski definition) is 0. The Morgan fingerprint density at radius 3 is 1.73 bits per heavy atom. The summed E-state index contributed by atoms with van der Waals surface area (Å²) >= 11 is 3.73. The van der Waals surface area contributed by atoms with Crippen molar-refractivity contribution >= 4 is 90.9 Å². The molecule has 2 aromatic heterocycles. The Labute approximate surface area is 292 Å². The van der Waals surface area contributed by atoms with Crippen LogP contribution in [0, 0.1) is 0 Å². The number of rotatable bonds is 5. The van der Waals surface area contributed by atoms with Crippen LogP contribution in [0.1, 0.15) is 0 Å². The zero-order valence-electron chi connectivity index (χ0n) is 26.5. The number of thiophene rings is 2. The van der Waals surface area contributed by atoms with E-state index >= 15 is 0 Å². The highest BCUT2D eigenvalue weighted by Gasteiger charge is 2.19. The molecule has 0 N–H and O–H groups in total. The Hall–Kier alpha value is -5.74. The maximum Gasteiger partial charge on any atom is 0.0540 e. The van der Waals surface area contributed by atoms with Crippen LogP contribution in [0.3, 0.4) is 0 Å². The molecular formula is C46H29NS2. The van der Waals surface area contributed by atoms with E-state index in [-0.39, 0.29) is 0 Å². The van der Waals surface area contributed by atoms with E-state index in [1.165, 1.54) is 73.4 Å². The van der Waals surface area contributed by atoms with Gasteiger partial charge in [-0.2, -0.15) is 0 Å². The number of hydrogen-bond acceptors (Lipinski definition) is 3. The van der Waals surface area contributed by atoms with Gasteiger partial charge >= 0.3 is 0 Å². The van der Waals surface area contributed by atoms with Crippen molar-refractivity contribution in [1.82, 2.24) is 0 Å². The van der Waals surface area contributed by atoms with Gasteiger partial charge < -0.3 is 4.90 Å². The van der Waals surface area contributed by atoms with E-state index < -0.39 is 0 Å². The average Bonchev–Trinajstić information content (AvgIpc) is 3.73. The lowest BCUT2D eigenvalue weighted by Crippen LogP contribution is -2.11. The van der Waals surface area contributed by atoms with Crippen LogP contribution >= 0.6 is 22.7 Å². The topological polar surface area (TPSA) is 3.24 Å². The van der Waals surface area contributed by atoms with Gasteiger partial charge in [0.15, 0.2) is 0 Å². The molecule has 0 saturated heterocycles. The monoisotopic (exact) mass is 659 g/mol. The molecule has 230 valence electrons. The molecule has 0 amide bonds. The highest BCUT2D eigenvalue weighted by molar-refractivity contribution is 7.26. The highest BCUT2D eigenvalue weighted by Crippen LogP contribution is 2.45. The highest BCUT2D eigenvalue weighted by atomic mass is 32.1. The number of fused-ring (bicyclic) bond motifs is 7. The zero-order chi connectivity index (χ0) is 32.3. The van der Waals surface area contributed by atoms with Crippen LogP contribution < -0.4 is 4.90 Å². The fourth-order valence-corrected chi connectivity index (χ4v) is 9.56. The second-order valence-corrected chi connectivity index (χ2v) is 14.7. The van der Waals surface area contributed by atoms with E-state index in [4.69, 9.17) is 0 Å². The molecule has 0 aliphatic rings. The van der Waals surface area contributed by atoms with E-state index in [2.05, 4.69) is 181 Å². The molecule has 0 atom stereocenters. The number of anilines is 3. The van der Waals surface area contributed by atoms with Gasteiger partial charge in [0.1, 0.15) is 0 Å². The summed E-state index contributed by atoms with van der Waals surface area (Å²) < 4.78 is 5.25. The molecule has 0 aliphatic heterocycles. The minimum Gasteiger partial charge on any atom is -0.310 e. The Balaban J connectivity index is 1.17. The molecule has 10 rings (SSSR count). The first-order valence-corrected chi connectivity index (χ1v) is 18.2. The first kappa shape index (κ1) is 28.3. The predicted molar refractivity (Wildman–Crippen MR) is 215 cm³/mol. The fourth-order valence-electron chi connectivity index (χ4n) is 7.28. The molecular weight excluding hydrogens is 631 g/mol. The molecule has 0 aliphatic carbocycles. The van der Waals surface area contributed by atoms with E-state index in [1.807, 2.05) is 22.7 Å². The summed E-state index contributed by atoms with van der Waals surface area (Å²) in [7, 11) is 0. The van der Waals surface area contributed by atoms with Gasteiger partial charge in [0.05, 0.1) is 5.69 Å². The summed E-state index contributed by atoms with van der Waals surface area (Å²) in [4.78, 5) is 2.44. The first-order valence-electron chi connectivity index (χ1n) is 16.6. The quantitative estimate of drug-likeness (QED) is 0.178. The lowest BCUT2D eigenvalue weighted by atomic mass is 9.98. The van der Waals surface area contributed by atoms with Crippen molar-refractivity contribution < 1.29 is 0 Å². The van der Waals surface area contributed by atoms with Crippen molar-refractivity contribution in [2.24, 2.45) is 0 Å². The van der Waals surface area contributed by atoms with Crippen molar-refractivity contribution in [3.63, 3.8) is 0 Å². The third-order valence-corrected chi connectivity index (χ3v) is 11.9. The largest absolute Gasteiger partial charge is 0.310 e. The van der Waals surface area contributed by atoms with E-state index in [1.54, 1.807) is 0 Å². The molecule has 0 radical (unpaired) electrons. The predicted octanol–water partition coefficient (Wildman–Crippen LogP) is 14.4. The molecule has 10 aromatic rings. The molecule has 3 heteroatoms. The van der Waals surface area contributed by atoms with Crippen molar-refractivity contribution in [2.45, 2.75) is 0 Å². The minimum absolute atomic E-state index is 1.13. The van der Waals surface area contributed by atoms with Crippen LogP contribution in [0.25, 0.3) is 73.4 Å². The zero-order valence-corrected chi connectivity index (χ0v) is 28.1. The third kappa shape index (κ3) is 4.82. The van der Waals surface area contributed by atoms with Gasteiger partial charge in [-0.3, -0.25) is 0 Å². The fraction of sp³-hybridized carbons (Fsp3) is 0. The average molecular weight is 660 g/mol. The second kappa shape index (κ2) is 11.5. The maximum absolute atomic E-state index is 2.44. The molecule has 49 heavy (non-hydrogen) atoms. The smallest absolute Gasteiger partial charge is 0.0540 e. The van der Waals surface area contributed by atoms with E-state index in [0.717, 1.165) is 17.1 Å². The van der Waals surface area contributed by atoms with Crippen LogP contribution in [-0.2, 0) is 0 Å². The van der Waals surface area contributed by atoms with E-state index in [0.29, 0.717) is 0 Å². The lowest BCUT2D eigenvalue weighted by molar-refractivity contribution is 1.29. The summed E-state index contributed by atoms with van der Waals surface area (Å²) in [6.07, 6.45) is 0. The normalized spacial score (nSPS) is 11.7. The van der Waals surface area contributed by atoms with Crippen LogP contribution in [-0.4, -0.2) is 0 Å². The first-order chi connectivity index (χ1) is 24.3. The SMILES string of the molecule is c1cc(-c2ccc3c(c2)sc2ccccc23)cc(N(c2ccc3c(c2)sc2ccccc23)c2ccccc2-c2ccc3ccccc3c2)c1. The van der Waals surface area contributed by atoms with E-state index in [9.17, 15) is 0 Å². The summed E-state index contributed by atoms with van der Waals surface area (Å²) in [5, 5.41) is 7.76. The Bertz CT molecular complexity index is 2860. The van der Waals surface area contributed by atoms with Crippen molar-refractivity contribution in [2.75, 3.05) is 4.90 Å². The molecule has 0 spiro atoms. The summed E-state index contributed by atoms with van der Waals surface area (Å²) in [6.45, 7) is 0. The second-order valence-electron chi connectivity index (χ2n) is 12.6. The Morgan fingerprint density at radius 1 is 0.327 bits per heavy atom. The van der Waals surface area contributed by atoms with Crippen molar-refractivity contribution in [3.8, 4) is 22.3 Å². The van der Waals surface area contributed by atoms with Crippen LogP contribution in [0.15, 0.2) is 176 Å². The Kier molecular flexibility index (Phi) is 6.61. The van der Waals surface area contributed by atoms with Gasteiger partial charge in [-0.15, -0.1) is 22.7 Å². The van der Waals surface area contributed by atoms with Crippen LogP contribution in [0.5, 0.6) is 0 Å². The summed E-state index contributed by atoms with van der Waals surface area (Å²) in [5.74, 6) is 0. The number of nitrogens with zero attached hydrogens (tertiary/aromatic N) is 1. The van der Waals surface area contributed by atoms with Gasteiger partial charge in [-0.1, -0.05) is 121 Å². The standard InChI is InChI=1S/C46H29NS2/c1-2-11-31-26-34(21-20-30(31)10-1)37-14-3-6-17-42(37)47(36-23-25-41-39-16-5-8-19-44(39)49-46(41)29-36)35-13-9-12-32(27-35)33-22-24-40-38-15-4-7-18-43(38)48-45(40)28-33/h1-29H. The molecule has 2 heterocycles.